The van der Waals surface area contributed by atoms with E-state index in [2.05, 4.69) is 20.3 Å². The van der Waals surface area contributed by atoms with E-state index in [4.69, 9.17) is 4.74 Å². The van der Waals surface area contributed by atoms with Crippen molar-refractivity contribution in [2.45, 2.75) is 6.92 Å². The van der Waals surface area contributed by atoms with Crippen LogP contribution in [0.1, 0.15) is 16.1 Å². The molecule has 0 saturated carbocycles. The molecular weight excluding hydrogens is 342 g/mol. The number of methoxy groups -OCH3 is 1. The molecule has 0 aliphatic rings. The Kier molecular flexibility index (Phi) is 4.25. The zero-order valence-corrected chi connectivity index (χ0v) is 14.9. The van der Waals surface area contributed by atoms with Crippen molar-refractivity contribution < 1.29 is 9.53 Å². The monoisotopic (exact) mass is 359 g/mol. The standard InChI is InChI=1S/C20H17N5O2/c1-13-18(25-12-4-3-5-17(25)22-13)16-10-11-21-20(23-16)24-19(26)14-6-8-15(27-2)9-7-14/h3-12H,1-2H3,(H,21,23,24,26). The summed E-state index contributed by atoms with van der Waals surface area (Å²) in [6.45, 7) is 1.93. The molecule has 27 heavy (non-hydrogen) atoms. The molecule has 4 rings (SSSR count). The predicted molar refractivity (Wildman–Crippen MR) is 102 cm³/mol. The van der Waals surface area contributed by atoms with Gasteiger partial charge in [-0.3, -0.25) is 14.5 Å². The van der Waals surface area contributed by atoms with Crippen molar-refractivity contribution in [2.75, 3.05) is 12.4 Å². The minimum Gasteiger partial charge on any atom is -0.497 e. The fraction of sp³-hybridized carbons (Fsp3) is 0.100. The largest absolute Gasteiger partial charge is 0.497 e. The first-order chi connectivity index (χ1) is 13.2. The maximum atomic E-state index is 12.4. The van der Waals surface area contributed by atoms with E-state index < -0.39 is 0 Å². The van der Waals surface area contributed by atoms with Crippen LogP contribution in [0.25, 0.3) is 17.0 Å². The number of amides is 1. The van der Waals surface area contributed by atoms with E-state index in [9.17, 15) is 4.79 Å². The highest BCUT2D eigenvalue weighted by atomic mass is 16.5. The Morgan fingerprint density at radius 2 is 1.89 bits per heavy atom. The maximum Gasteiger partial charge on any atom is 0.258 e. The van der Waals surface area contributed by atoms with Crippen LogP contribution in [0.4, 0.5) is 5.95 Å². The van der Waals surface area contributed by atoms with Gasteiger partial charge >= 0.3 is 0 Å². The minimum atomic E-state index is -0.287. The molecule has 4 aromatic rings. The van der Waals surface area contributed by atoms with Gasteiger partial charge in [0.05, 0.1) is 24.2 Å². The van der Waals surface area contributed by atoms with Gasteiger partial charge in [-0.15, -0.1) is 0 Å². The molecule has 0 bridgehead atoms. The van der Waals surface area contributed by atoms with Crippen LogP contribution in [0, 0.1) is 6.92 Å². The lowest BCUT2D eigenvalue weighted by molar-refractivity contribution is 0.102. The lowest BCUT2D eigenvalue weighted by Gasteiger charge is -2.07. The first-order valence-electron chi connectivity index (χ1n) is 8.38. The van der Waals surface area contributed by atoms with Crippen LogP contribution in [0.2, 0.25) is 0 Å². The summed E-state index contributed by atoms with van der Waals surface area (Å²) in [5, 5.41) is 2.73. The SMILES string of the molecule is COc1ccc(C(=O)Nc2nccc(-c3c(C)nc4ccccn34)n2)cc1. The summed E-state index contributed by atoms with van der Waals surface area (Å²) >= 11 is 0. The number of carbonyl (C=O) groups is 1. The van der Waals surface area contributed by atoms with Crippen molar-refractivity contribution in [3.05, 3.63) is 72.2 Å². The average molecular weight is 359 g/mol. The molecule has 7 nitrogen and oxygen atoms in total. The summed E-state index contributed by atoms with van der Waals surface area (Å²) in [5.74, 6) is 0.635. The van der Waals surface area contributed by atoms with E-state index in [1.54, 1.807) is 43.6 Å². The quantitative estimate of drug-likeness (QED) is 0.604. The molecule has 3 aromatic heterocycles. The second-order valence-corrected chi connectivity index (χ2v) is 5.92. The molecule has 0 spiro atoms. The number of fused-ring (bicyclic) bond motifs is 1. The van der Waals surface area contributed by atoms with Crippen molar-refractivity contribution in [1.82, 2.24) is 19.4 Å². The Balaban J connectivity index is 1.64. The van der Waals surface area contributed by atoms with Crippen molar-refractivity contribution in [2.24, 2.45) is 0 Å². The molecule has 7 heteroatoms. The van der Waals surface area contributed by atoms with Gasteiger partial charge in [0.1, 0.15) is 11.4 Å². The second kappa shape index (κ2) is 6.87. The normalized spacial score (nSPS) is 10.7. The van der Waals surface area contributed by atoms with Crippen molar-refractivity contribution >= 4 is 17.5 Å². The number of anilines is 1. The van der Waals surface area contributed by atoms with Crippen molar-refractivity contribution in [3.8, 4) is 17.1 Å². The summed E-state index contributed by atoms with van der Waals surface area (Å²) in [5.41, 5.74) is 3.75. The van der Waals surface area contributed by atoms with E-state index in [0.717, 1.165) is 17.0 Å². The van der Waals surface area contributed by atoms with Crippen LogP contribution in [0.5, 0.6) is 5.75 Å². The van der Waals surface area contributed by atoms with Gasteiger partial charge in [-0.1, -0.05) is 6.07 Å². The number of imidazole rings is 1. The van der Waals surface area contributed by atoms with Gasteiger partial charge in [0.25, 0.3) is 5.91 Å². The number of ether oxygens (including phenoxy) is 1. The van der Waals surface area contributed by atoms with Crippen LogP contribution < -0.4 is 10.1 Å². The third-order valence-electron chi connectivity index (χ3n) is 4.18. The van der Waals surface area contributed by atoms with Gasteiger partial charge in [0.15, 0.2) is 0 Å². The van der Waals surface area contributed by atoms with Crippen LogP contribution in [-0.4, -0.2) is 32.4 Å². The molecule has 0 unspecified atom stereocenters. The van der Waals surface area contributed by atoms with E-state index in [-0.39, 0.29) is 11.9 Å². The first-order valence-corrected chi connectivity index (χ1v) is 8.38. The Morgan fingerprint density at radius 3 is 2.67 bits per heavy atom. The molecule has 1 N–H and O–H groups in total. The Labute approximate surface area is 155 Å². The molecule has 0 atom stereocenters. The highest BCUT2D eigenvalue weighted by Crippen LogP contribution is 2.23. The minimum absolute atomic E-state index is 0.235. The predicted octanol–water partition coefficient (Wildman–Crippen LogP) is 3.36. The lowest BCUT2D eigenvalue weighted by atomic mass is 10.2. The topological polar surface area (TPSA) is 81.4 Å². The lowest BCUT2D eigenvalue weighted by Crippen LogP contribution is -2.14. The van der Waals surface area contributed by atoms with Crippen LogP contribution >= 0.6 is 0 Å². The molecule has 1 aromatic carbocycles. The third-order valence-corrected chi connectivity index (χ3v) is 4.18. The summed E-state index contributed by atoms with van der Waals surface area (Å²) < 4.78 is 7.07. The fourth-order valence-electron chi connectivity index (χ4n) is 2.89. The molecule has 0 radical (unpaired) electrons. The Bertz CT molecular complexity index is 1120. The average Bonchev–Trinajstić information content (AvgIpc) is 3.04. The van der Waals surface area contributed by atoms with Crippen LogP contribution in [0.3, 0.4) is 0 Å². The van der Waals surface area contributed by atoms with E-state index in [0.29, 0.717) is 17.0 Å². The van der Waals surface area contributed by atoms with Gasteiger partial charge in [-0.25, -0.2) is 15.0 Å². The second-order valence-electron chi connectivity index (χ2n) is 5.92. The zero-order chi connectivity index (χ0) is 18.8. The number of hydrogen-bond donors (Lipinski definition) is 1. The molecule has 0 aliphatic carbocycles. The zero-order valence-electron chi connectivity index (χ0n) is 14.9. The summed E-state index contributed by atoms with van der Waals surface area (Å²) in [6.07, 6.45) is 3.55. The number of pyridine rings is 1. The van der Waals surface area contributed by atoms with Gasteiger partial charge in [0.2, 0.25) is 5.95 Å². The Morgan fingerprint density at radius 1 is 1.07 bits per heavy atom. The number of hydrogen-bond acceptors (Lipinski definition) is 5. The number of aryl methyl sites for hydroxylation is 1. The van der Waals surface area contributed by atoms with E-state index in [1.807, 2.05) is 35.7 Å². The number of rotatable bonds is 4. The fourth-order valence-corrected chi connectivity index (χ4v) is 2.89. The van der Waals surface area contributed by atoms with Gasteiger partial charge in [0, 0.05) is 18.0 Å². The molecule has 0 fully saturated rings. The van der Waals surface area contributed by atoms with E-state index >= 15 is 0 Å². The third kappa shape index (κ3) is 3.22. The number of nitrogens with zero attached hydrogens (tertiary/aromatic N) is 4. The van der Waals surface area contributed by atoms with E-state index in [1.165, 1.54) is 0 Å². The van der Waals surface area contributed by atoms with Crippen LogP contribution in [0.15, 0.2) is 60.9 Å². The van der Waals surface area contributed by atoms with Gasteiger partial charge in [-0.05, 0) is 49.4 Å². The molecule has 1 amide bonds. The number of aromatic nitrogens is 4. The molecule has 3 heterocycles. The molecule has 0 saturated heterocycles. The van der Waals surface area contributed by atoms with Crippen molar-refractivity contribution in [3.63, 3.8) is 0 Å². The Hall–Kier alpha value is -3.74. The highest BCUT2D eigenvalue weighted by Gasteiger charge is 2.14. The van der Waals surface area contributed by atoms with Gasteiger partial charge in [-0.2, -0.15) is 0 Å². The number of nitrogens with one attached hydrogen (secondary N) is 1. The maximum absolute atomic E-state index is 12.4. The van der Waals surface area contributed by atoms with Gasteiger partial charge < -0.3 is 4.74 Å². The van der Waals surface area contributed by atoms with Crippen LogP contribution in [-0.2, 0) is 0 Å². The number of carbonyl (C=O) groups excluding carboxylic acids is 1. The smallest absolute Gasteiger partial charge is 0.258 e. The first kappa shape index (κ1) is 16.7. The summed E-state index contributed by atoms with van der Waals surface area (Å²) in [7, 11) is 1.58. The molecule has 0 aliphatic heterocycles. The number of benzene rings is 1. The highest BCUT2D eigenvalue weighted by molar-refractivity contribution is 6.03. The summed E-state index contributed by atoms with van der Waals surface area (Å²) in [4.78, 5) is 25.6. The summed E-state index contributed by atoms with van der Waals surface area (Å²) in [6, 6.07) is 14.4. The molecule has 134 valence electrons. The van der Waals surface area contributed by atoms with Crippen molar-refractivity contribution in [1.29, 1.82) is 0 Å². The molecular formula is C20H17N5O2.